The molecule has 4 aromatic rings. The average molecular weight is 1350 g/mol. The predicted molar refractivity (Wildman–Crippen MR) is 315 cm³/mol. The van der Waals surface area contributed by atoms with Crippen molar-refractivity contribution >= 4 is 128 Å². The summed E-state index contributed by atoms with van der Waals surface area (Å²) in [7, 11) is 7.78. The van der Waals surface area contributed by atoms with Crippen molar-refractivity contribution in [3.8, 4) is 0 Å². The van der Waals surface area contributed by atoms with Crippen LogP contribution in [-0.2, 0) is 84.6 Å². The molecule has 0 aliphatic carbocycles. The van der Waals surface area contributed by atoms with Crippen molar-refractivity contribution in [2.75, 3.05) is 104 Å². The average Bonchev–Trinajstić information content (AvgIpc) is 1.68. The molecule has 482 valence electrons. The predicted octanol–water partition coefficient (Wildman–Crippen LogP) is 3.08. The zero-order chi connectivity index (χ0) is 63.4. The van der Waals surface area contributed by atoms with Crippen LogP contribution in [0.15, 0.2) is 25.3 Å². The first-order valence-electron chi connectivity index (χ1n) is 26.8. The van der Waals surface area contributed by atoms with Gasteiger partial charge in [0.25, 0.3) is 0 Å². The Morgan fingerprint density at radius 3 is 1.95 bits per heavy atom. The third kappa shape index (κ3) is 19.2. The summed E-state index contributed by atoms with van der Waals surface area (Å²) in [6.07, 6.45) is -10.0. The molecule has 32 nitrogen and oxygen atoms in total. The van der Waals surface area contributed by atoms with Gasteiger partial charge in [-0.15, -0.1) is 0 Å². The van der Waals surface area contributed by atoms with E-state index in [2.05, 4.69) is 40.5 Å². The Hall–Kier alpha value is -5.18. The molecule has 11 atom stereocenters. The van der Waals surface area contributed by atoms with Crippen molar-refractivity contribution in [1.29, 1.82) is 0 Å². The number of nitrogens with zero attached hydrogens (tertiary/aromatic N) is 11. The second-order valence-corrected chi connectivity index (χ2v) is 29.3. The number of carbonyl (C=O) groups is 6. The Bertz CT molecular complexity index is 3180. The van der Waals surface area contributed by atoms with Gasteiger partial charge in [0.1, 0.15) is 55.8 Å². The third-order valence-corrected chi connectivity index (χ3v) is 19.9. The lowest BCUT2D eigenvalue weighted by Gasteiger charge is -2.29. The minimum atomic E-state index is -4.41. The number of hydrogen-bond donors (Lipinski definition) is 6. The molecule has 7 rings (SSSR count). The van der Waals surface area contributed by atoms with Crippen molar-refractivity contribution in [3.05, 3.63) is 25.3 Å². The Kier molecular flexibility index (Phi) is 24.7. The Balaban J connectivity index is 0.790. The minimum Gasteiger partial charge on any atom is -0.481 e. The molecular formula is C47H68F2N14O18P2S4. The van der Waals surface area contributed by atoms with Gasteiger partial charge in [0.2, 0.25) is 17.7 Å². The second-order valence-electron chi connectivity index (χ2n) is 20.6. The topological polar surface area (TPSA) is 393 Å². The molecule has 0 saturated carbocycles. The van der Waals surface area contributed by atoms with Gasteiger partial charge in [-0.1, -0.05) is 28.5 Å². The maximum absolute atomic E-state index is 16.7. The van der Waals surface area contributed by atoms with Gasteiger partial charge in [-0.25, -0.2) is 48.3 Å². The standard InChI is InChI=1S/C47H68F2N14O18P2S4/c1-26(19-31(66)67)42(68)51-10-15-73-14-8-30(65)60(5)12-11-59(4)29(64)7-9-47(2,3)87-86-18-17-75-46(70)61(6)13-16-74-45(69)58-39-35-41(55-23-53-39)63(25-57-35)44-33(49)37-28(79-44)21-77-82(71,84)80-36-27(20-76-83(72,85)81-37)78-43(32(36)48)62-24-56-34-38(50)52-22-54-40(34)62/h22-28,32-33,36-37,43-44H,7-21H2,1-6H3,(H,51,68)(H,66,67)(H,71,84)(H,72,85)(H2,50,52,54)(H,53,55,58,69)/t26?,27-,28-,32-,33-,36-,37-,43-,44-,82?,83?/m1/s1. The molecule has 5 amide bonds. The summed E-state index contributed by atoms with van der Waals surface area (Å²) in [5.41, 5.74) is 6.09. The third-order valence-electron chi connectivity index (χ3n) is 13.5. The first kappa shape index (κ1) is 69.3. The number of nitrogens with two attached hydrogens (primary N) is 1. The molecule has 0 spiro atoms. The summed E-state index contributed by atoms with van der Waals surface area (Å²) in [4.78, 5) is 125. The van der Waals surface area contributed by atoms with Gasteiger partial charge in [0.15, 0.2) is 53.2 Å². The highest BCUT2D eigenvalue weighted by Crippen LogP contribution is 2.55. The van der Waals surface area contributed by atoms with E-state index in [4.69, 9.17) is 76.2 Å². The summed E-state index contributed by atoms with van der Waals surface area (Å²) < 4.78 is 85.4. The van der Waals surface area contributed by atoms with Crippen molar-refractivity contribution in [1.82, 2.24) is 59.1 Å². The number of imidazole rings is 2. The molecule has 0 radical (unpaired) electrons. The number of nitrogen functional groups attached to an aromatic ring is 1. The largest absolute Gasteiger partial charge is 0.481 e. The number of aromatic nitrogens is 8. The van der Waals surface area contributed by atoms with E-state index in [1.165, 1.54) is 45.5 Å². The fourth-order valence-electron chi connectivity index (χ4n) is 8.64. The maximum Gasteiger partial charge on any atom is 0.412 e. The molecule has 3 saturated heterocycles. The molecular weight excluding hydrogens is 1280 g/mol. The van der Waals surface area contributed by atoms with Crippen LogP contribution in [0, 0.1) is 5.92 Å². The lowest BCUT2D eigenvalue weighted by Crippen LogP contribution is -2.38. The Morgan fingerprint density at radius 2 is 1.36 bits per heavy atom. The van der Waals surface area contributed by atoms with Crippen LogP contribution in [0.2, 0.25) is 0 Å². The lowest BCUT2D eigenvalue weighted by molar-refractivity contribution is -0.140. The maximum atomic E-state index is 16.7. The molecule has 7 N–H and O–H groups in total. The van der Waals surface area contributed by atoms with Crippen LogP contribution in [0.5, 0.6) is 0 Å². The summed E-state index contributed by atoms with van der Waals surface area (Å²) in [5, 5.41) is 13.9. The molecule has 40 heteroatoms. The van der Waals surface area contributed by atoms with Crippen LogP contribution in [0.1, 0.15) is 58.9 Å². The highest BCUT2D eigenvalue weighted by molar-refractivity contribution is 8.77. The first-order valence-corrected chi connectivity index (χ1v) is 34.3. The number of halogens is 2. The van der Waals surface area contributed by atoms with Crippen molar-refractivity contribution in [2.45, 2.75) is 100 Å². The molecule has 3 fully saturated rings. The van der Waals surface area contributed by atoms with Crippen LogP contribution < -0.4 is 16.4 Å². The fraction of sp³-hybridized carbons (Fsp3) is 0.660. The monoisotopic (exact) mass is 1340 g/mol. The van der Waals surface area contributed by atoms with Gasteiger partial charge in [0, 0.05) is 63.6 Å². The van der Waals surface area contributed by atoms with E-state index in [1.54, 1.807) is 29.8 Å². The van der Waals surface area contributed by atoms with Crippen LogP contribution >= 0.6 is 35.0 Å². The molecule has 4 aromatic heterocycles. The number of carbonyl (C=O) groups excluding carboxylic acids is 5. The number of anilines is 2. The number of carboxylic acid groups (broad SMARTS) is 1. The summed E-state index contributed by atoms with van der Waals surface area (Å²) in [5.74, 6) is -2.07. The zero-order valence-corrected chi connectivity index (χ0v) is 52.9. The van der Waals surface area contributed by atoms with Gasteiger partial charge >= 0.3 is 31.6 Å². The number of likely N-dealkylation sites (N-methyl/N-ethyl adjacent to an activating group) is 3. The summed E-state index contributed by atoms with van der Waals surface area (Å²) in [6, 6.07) is 0. The number of amides is 5. The van der Waals surface area contributed by atoms with Gasteiger partial charge in [-0.3, -0.25) is 42.7 Å². The van der Waals surface area contributed by atoms with E-state index < -0.39 is 106 Å². The molecule has 0 aromatic carbocycles. The normalized spacial score (nSPS) is 25.3. The molecule has 0 bridgehead atoms. The number of hydrogen-bond acceptors (Lipinski definition) is 26. The van der Waals surface area contributed by atoms with E-state index in [9.17, 15) is 38.6 Å². The zero-order valence-electron chi connectivity index (χ0n) is 47.9. The number of aliphatic carboxylic acids is 1. The molecule has 3 aliphatic rings. The van der Waals surface area contributed by atoms with Crippen molar-refractivity contribution in [2.24, 2.45) is 5.92 Å². The number of alkyl halides is 2. The number of rotatable bonds is 26. The van der Waals surface area contributed by atoms with Gasteiger partial charge in [0.05, 0.1) is 58.5 Å². The van der Waals surface area contributed by atoms with Crippen molar-refractivity contribution < 1.29 is 94.2 Å². The Labute approximate surface area is 514 Å². The van der Waals surface area contributed by atoms with Gasteiger partial charge in [-0.2, -0.15) is 0 Å². The summed E-state index contributed by atoms with van der Waals surface area (Å²) >= 11 is 10.5. The van der Waals surface area contributed by atoms with Crippen LogP contribution in [0.25, 0.3) is 22.3 Å². The molecule has 87 heavy (non-hydrogen) atoms. The quantitative estimate of drug-likeness (QED) is 0.0299. The number of carboxylic acids is 1. The first-order chi connectivity index (χ1) is 41.1. The van der Waals surface area contributed by atoms with Crippen molar-refractivity contribution in [3.63, 3.8) is 0 Å². The highest BCUT2D eigenvalue weighted by Gasteiger charge is 2.54. The smallest absolute Gasteiger partial charge is 0.412 e. The van der Waals surface area contributed by atoms with E-state index in [0.29, 0.717) is 25.3 Å². The van der Waals surface area contributed by atoms with E-state index >= 15 is 8.78 Å². The van der Waals surface area contributed by atoms with Crippen LogP contribution in [0.3, 0.4) is 0 Å². The molecule has 3 aliphatic heterocycles. The fourth-order valence-corrected chi connectivity index (χ4v) is 13.9. The molecule has 7 heterocycles. The van der Waals surface area contributed by atoms with E-state index in [-0.39, 0.29) is 109 Å². The SMILES string of the molecule is CC(CC(=O)O)C(=O)NCCOCCC(=O)N(C)CCN(C)C(=O)CCC(C)(C)SSCCOC(=O)N(C)CCOC(=O)Nc1ncnc2c1ncn2[C@@H]1O[C@@H]2COP(O)(=S)O[C@H]3[C@@H](F)[C@H](n4cnc5c(N)ncnc54)O[C@@H]3COP(O)(=S)O[C@H]2[C@H]1F. The minimum absolute atomic E-state index is 0.0219. The summed E-state index contributed by atoms with van der Waals surface area (Å²) in [6.45, 7) is -3.82. The van der Waals surface area contributed by atoms with E-state index in [0.717, 1.165) is 23.5 Å². The lowest BCUT2D eigenvalue weighted by atomic mass is 10.1. The van der Waals surface area contributed by atoms with E-state index in [1.807, 2.05) is 13.8 Å². The van der Waals surface area contributed by atoms with Gasteiger partial charge < -0.3 is 73.4 Å². The molecule has 3 unspecified atom stereocenters. The van der Waals surface area contributed by atoms with Crippen LogP contribution in [0.4, 0.5) is 30.0 Å². The Morgan fingerprint density at radius 1 is 0.793 bits per heavy atom. The number of nitrogens with one attached hydrogen (secondary N) is 2. The second kappa shape index (κ2) is 31.0. The highest BCUT2D eigenvalue weighted by atomic mass is 33.1. The number of ether oxygens (including phenoxy) is 5. The van der Waals surface area contributed by atoms with Crippen LogP contribution in [-0.4, -0.2) is 239 Å². The van der Waals surface area contributed by atoms with Gasteiger partial charge in [-0.05, 0) is 43.9 Å². The number of fused-ring (bicyclic) bond motifs is 4.